The van der Waals surface area contributed by atoms with E-state index in [1.807, 2.05) is 0 Å². The summed E-state index contributed by atoms with van der Waals surface area (Å²) in [6.45, 7) is 7.21. The summed E-state index contributed by atoms with van der Waals surface area (Å²) in [4.78, 5) is 43.7. The summed E-state index contributed by atoms with van der Waals surface area (Å²) < 4.78 is 16.9. The van der Waals surface area contributed by atoms with Gasteiger partial charge in [0.15, 0.2) is 0 Å². The van der Waals surface area contributed by atoms with E-state index < -0.39 is 41.6 Å². The van der Waals surface area contributed by atoms with Crippen LogP contribution in [-0.4, -0.2) is 83.3 Å². The van der Waals surface area contributed by atoms with E-state index in [0.29, 0.717) is 17.9 Å². The van der Waals surface area contributed by atoms with E-state index >= 15 is 0 Å². The van der Waals surface area contributed by atoms with E-state index in [1.165, 1.54) is 9.80 Å². The minimum absolute atomic E-state index is 0.173. The van der Waals surface area contributed by atoms with Crippen LogP contribution in [0.5, 0.6) is 5.75 Å². The van der Waals surface area contributed by atoms with Crippen LogP contribution in [0.4, 0.5) is 5.69 Å². The van der Waals surface area contributed by atoms with Gasteiger partial charge in [0.1, 0.15) is 17.4 Å². The fourth-order valence-electron chi connectivity index (χ4n) is 5.78. The van der Waals surface area contributed by atoms with Crippen molar-refractivity contribution >= 4 is 39.4 Å². The molecular weight excluding hydrogens is 520 g/mol. The average molecular weight is 551 g/mol. The smallest absolute Gasteiger partial charge is 0.312 e. The number of hydrogen-bond acceptors (Lipinski definition) is 7. The first kappa shape index (κ1) is 25.7. The molecule has 3 fully saturated rings. The quantitative estimate of drug-likeness (QED) is 0.284. The van der Waals surface area contributed by atoms with Crippen molar-refractivity contribution in [1.82, 2.24) is 4.90 Å². The highest BCUT2D eigenvalue weighted by atomic mass is 79.9. The predicted molar refractivity (Wildman–Crippen MR) is 131 cm³/mol. The molecule has 1 unspecified atom stereocenters. The lowest BCUT2D eigenvalue weighted by Crippen LogP contribution is -2.58. The Morgan fingerprint density at radius 3 is 2.66 bits per heavy atom. The molecular formula is C25H31BrN2O7. The number of hydrogen-bond donors (Lipinski definition) is 1. The number of fused-ring (bicyclic) bond motifs is 1. The number of rotatable bonds is 9. The maximum absolute atomic E-state index is 14.3. The van der Waals surface area contributed by atoms with Gasteiger partial charge in [0.2, 0.25) is 5.91 Å². The van der Waals surface area contributed by atoms with Gasteiger partial charge in [0.05, 0.1) is 44.3 Å². The van der Waals surface area contributed by atoms with Gasteiger partial charge in [-0.1, -0.05) is 22.0 Å². The van der Waals surface area contributed by atoms with Gasteiger partial charge in [0.25, 0.3) is 5.91 Å². The Balaban J connectivity index is 1.80. The van der Waals surface area contributed by atoms with Gasteiger partial charge >= 0.3 is 5.97 Å². The van der Waals surface area contributed by atoms with Gasteiger partial charge in [-0.25, -0.2) is 0 Å². The second-order valence-corrected chi connectivity index (χ2v) is 10.3. The van der Waals surface area contributed by atoms with Crippen molar-refractivity contribution in [3.8, 4) is 5.75 Å². The van der Waals surface area contributed by atoms with Crippen LogP contribution < -0.4 is 9.64 Å². The van der Waals surface area contributed by atoms with Crippen LogP contribution in [0.25, 0.3) is 0 Å². The van der Waals surface area contributed by atoms with Crippen molar-refractivity contribution in [3.05, 3.63) is 36.9 Å². The standard InChI is InChI=1S/C25H31BrN2O7/c1-5-11-27(15-7-9-16(33-4)10-8-15)23(31)21-25-12-17(26)20(35-25)18(24(32)34-6-2)19(25)22(30)28(21)14(3)13-29/h5,7-10,14,17-21,29H,1,6,11-13H2,2-4H3/t14-,17?,18+,19-,20+,21+,25-/m1/s1. The molecule has 2 bridgehead atoms. The summed E-state index contributed by atoms with van der Waals surface area (Å²) in [7, 11) is 1.56. The van der Waals surface area contributed by atoms with E-state index in [0.717, 1.165) is 0 Å². The lowest BCUT2D eigenvalue weighted by atomic mass is 9.70. The molecule has 3 heterocycles. The Morgan fingerprint density at radius 1 is 1.40 bits per heavy atom. The molecule has 190 valence electrons. The van der Waals surface area contributed by atoms with Crippen molar-refractivity contribution in [2.75, 3.05) is 31.8 Å². The maximum Gasteiger partial charge on any atom is 0.312 e. The van der Waals surface area contributed by atoms with Crippen molar-refractivity contribution in [2.45, 2.75) is 48.9 Å². The molecule has 3 aliphatic heterocycles. The van der Waals surface area contributed by atoms with E-state index in [-0.39, 0.29) is 36.4 Å². The van der Waals surface area contributed by atoms with Crippen LogP contribution in [-0.2, 0) is 23.9 Å². The van der Waals surface area contributed by atoms with Crippen LogP contribution in [0.1, 0.15) is 20.3 Å². The van der Waals surface area contributed by atoms with Gasteiger partial charge in [-0.15, -0.1) is 6.58 Å². The van der Waals surface area contributed by atoms with Crippen LogP contribution in [0, 0.1) is 11.8 Å². The van der Waals surface area contributed by atoms with Gasteiger partial charge in [-0.3, -0.25) is 14.4 Å². The van der Waals surface area contributed by atoms with Crippen molar-refractivity contribution in [1.29, 1.82) is 0 Å². The molecule has 0 aromatic heterocycles. The molecule has 7 atom stereocenters. The Labute approximate surface area is 213 Å². The molecule has 1 N–H and O–H groups in total. The summed E-state index contributed by atoms with van der Waals surface area (Å²) in [5.41, 5.74) is -0.621. The number of alkyl halides is 1. The van der Waals surface area contributed by atoms with Gasteiger partial charge in [0, 0.05) is 17.1 Å². The first-order valence-corrected chi connectivity index (χ1v) is 12.6. The lowest BCUT2D eigenvalue weighted by molar-refractivity contribution is -0.155. The monoisotopic (exact) mass is 550 g/mol. The molecule has 0 aliphatic carbocycles. The normalized spacial score (nSPS) is 31.7. The predicted octanol–water partition coefficient (Wildman–Crippen LogP) is 1.91. The van der Waals surface area contributed by atoms with Crippen LogP contribution >= 0.6 is 15.9 Å². The number of nitrogens with zero attached hydrogens (tertiary/aromatic N) is 2. The molecule has 0 saturated carbocycles. The number of anilines is 1. The SMILES string of the molecule is C=CCN(C(=O)[C@@H]1N([C@H](C)CO)C(=O)[C@H]2[C@H](C(=O)OCC)[C@H]3O[C@@]12CC3Br)c1ccc(OC)cc1. The minimum atomic E-state index is -1.22. The number of aliphatic hydroxyl groups excluding tert-OH is 1. The van der Waals surface area contributed by atoms with Crippen molar-refractivity contribution in [2.24, 2.45) is 11.8 Å². The summed E-state index contributed by atoms with van der Waals surface area (Å²) >= 11 is 3.62. The number of aliphatic hydroxyl groups is 1. The zero-order valence-electron chi connectivity index (χ0n) is 20.1. The summed E-state index contributed by atoms with van der Waals surface area (Å²) in [5.74, 6) is -2.31. The maximum atomic E-state index is 14.3. The number of carbonyl (C=O) groups excluding carboxylic acids is 3. The Hall–Kier alpha value is -2.43. The largest absolute Gasteiger partial charge is 0.497 e. The number of esters is 1. The molecule has 35 heavy (non-hydrogen) atoms. The van der Waals surface area contributed by atoms with Crippen LogP contribution in [0.3, 0.4) is 0 Å². The second-order valence-electron chi connectivity index (χ2n) is 9.13. The molecule has 1 spiro atoms. The number of likely N-dealkylation sites (tertiary alicyclic amines) is 1. The first-order valence-electron chi connectivity index (χ1n) is 11.7. The molecule has 0 radical (unpaired) electrons. The molecule has 9 nitrogen and oxygen atoms in total. The zero-order valence-corrected chi connectivity index (χ0v) is 21.6. The Kier molecular flexibility index (Phi) is 7.26. The third-order valence-corrected chi connectivity index (χ3v) is 8.07. The number of methoxy groups -OCH3 is 1. The topological polar surface area (TPSA) is 106 Å². The Morgan fingerprint density at radius 2 is 2.09 bits per heavy atom. The van der Waals surface area contributed by atoms with E-state index in [1.54, 1.807) is 51.3 Å². The van der Waals surface area contributed by atoms with Gasteiger partial charge in [-0.2, -0.15) is 0 Å². The van der Waals surface area contributed by atoms with E-state index in [9.17, 15) is 19.5 Å². The lowest BCUT2D eigenvalue weighted by Gasteiger charge is -2.38. The summed E-state index contributed by atoms with van der Waals surface area (Å²) in [6.07, 6.45) is 1.40. The van der Waals surface area contributed by atoms with E-state index in [4.69, 9.17) is 14.2 Å². The summed E-state index contributed by atoms with van der Waals surface area (Å²) in [5, 5.41) is 9.98. The molecule has 3 aliphatic rings. The molecule has 2 amide bonds. The van der Waals surface area contributed by atoms with E-state index in [2.05, 4.69) is 22.5 Å². The highest BCUT2D eigenvalue weighted by Gasteiger charge is 2.77. The highest BCUT2D eigenvalue weighted by Crippen LogP contribution is 2.60. The molecule has 1 aromatic rings. The number of carbonyl (C=O) groups is 3. The van der Waals surface area contributed by atoms with Crippen molar-refractivity contribution in [3.63, 3.8) is 0 Å². The first-order chi connectivity index (χ1) is 16.7. The third-order valence-electron chi connectivity index (χ3n) is 7.22. The zero-order chi connectivity index (χ0) is 25.5. The van der Waals surface area contributed by atoms with Gasteiger partial charge in [-0.05, 0) is 44.5 Å². The van der Waals surface area contributed by atoms with Crippen LogP contribution in [0.15, 0.2) is 36.9 Å². The molecule has 10 heteroatoms. The van der Waals surface area contributed by atoms with Crippen LogP contribution in [0.2, 0.25) is 0 Å². The fourth-order valence-corrected chi connectivity index (χ4v) is 6.72. The Bertz CT molecular complexity index is 1000. The number of amides is 2. The number of halogens is 1. The average Bonchev–Trinajstić information content (AvgIpc) is 3.45. The number of ether oxygens (including phenoxy) is 3. The third kappa shape index (κ3) is 3.95. The fraction of sp³-hybridized carbons (Fsp3) is 0.560. The second kappa shape index (κ2) is 9.91. The highest BCUT2D eigenvalue weighted by molar-refractivity contribution is 9.09. The molecule has 4 rings (SSSR count). The minimum Gasteiger partial charge on any atom is -0.497 e. The van der Waals surface area contributed by atoms with Crippen molar-refractivity contribution < 1.29 is 33.7 Å². The van der Waals surface area contributed by atoms with Gasteiger partial charge < -0.3 is 29.1 Å². The molecule has 1 aromatic carbocycles. The number of benzene rings is 1. The summed E-state index contributed by atoms with van der Waals surface area (Å²) in [6, 6.07) is 5.32. The molecule has 3 saturated heterocycles.